The van der Waals surface area contributed by atoms with E-state index in [0.29, 0.717) is 0 Å². The molecule has 1 aromatic carbocycles. The molecule has 0 saturated heterocycles. The maximum atomic E-state index is 13.1. The number of nitrogen functional groups attached to an aromatic ring is 1. The number of halogens is 1. The van der Waals surface area contributed by atoms with Crippen LogP contribution in [0.1, 0.15) is 39.0 Å². The summed E-state index contributed by atoms with van der Waals surface area (Å²) in [4.78, 5) is 0.974. The first-order valence-electron chi connectivity index (χ1n) is 5.92. The third-order valence-corrected chi connectivity index (χ3v) is 3.57. The highest BCUT2D eigenvalue weighted by Gasteiger charge is 2.00. The summed E-state index contributed by atoms with van der Waals surface area (Å²) in [6.45, 7) is 2.21. The molecule has 0 spiro atoms. The molecule has 16 heavy (non-hydrogen) atoms. The summed E-state index contributed by atoms with van der Waals surface area (Å²) in [5, 5.41) is 0. The van der Waals surface area contributed by atoms with Crippen molar-refractivity contribution in [2.75, 3.05) is 11.5 Å². The molecule has 3 heteroatoms. The van der Waals surface area contributed by atoms with Gasteiger partial charge in [0, 0.05) is 4.90 Å². The predicted octanol–water partition coefficient (Wildman–Crippen LogP) is 4.47. The monoisotopic (exact) mass is 241 g/mol. The van der Waals surface area contributed by atoms with Crippen molar-refractivity contribution in [2.45, 2.75) is 43.9 Å². The van der Waals surface area contributed by atoms with Gasteiger partial charge in [-0.3, -0.25) is 0 Å². The molecule has 0 radical (unpaired) electrons. The third-order valence-electron chi connectivity index (χ3n) is 2.49. The van der Waals surface area contributed by atoms with Crippen molar-refractivity contribution in [2.24, 2.45) is 0 Å². The van der Waals surface area contributed by atoms with Gasteiger partial charge in [-0.05, 0) is 30.4 Å². The third kappa shape index (κ3) is 4.88. The zero-order chi connectivity index (χ0) is 11.8. The largest absolute Gasteiger partial charge is 0.396 e. The smallest absolute Gasteiger partial charge is 0.147 e. The molecule has 0 heterocycles. The number of rotatable bonds is 7. The van der Waals surface area contributed by atoms with Crippen molar-refractivity contribution in [1.82, 2.24) is 0 Å². The van der Waals surface area contributed by atoms with Gasteiger partial charge in [-0.25, -0.2) is 4.39 Å². The molecule has 1 nitrogen and oxygen atoms in total. The molecule has 0 unspecified atom stereocenters. The van der Waals surface area contributed by atoms with Crippen LogP contribution in [-0.4, -0.2) is 5.75 Å². The van der Waals surface area contributed by atoms with Gasteiger partial charge in [0.25, 0.3) is 0 Å². The van der Waals surface area contributed by atoms with Crippen LogP contribution in [0.2, 0.25) is 0 Å². The summed E-state index contributed by atoms with van der Waals surface area (Å²) in [6, 6.07) is 5.04. The average molecular weight is 241 g/mol. The first kappa shape index (κ1) is 13.4. The van der Waals surface area contributed by atoms with Crippen LogP contribution in [0, 0.1) is 5.82 Å². The van der Waals surface area contributed by atoms with E-state index in [1.807, 2.05) is 6.07 Å². The Morgan fingerprint density at radius 3 is 2.62 bits per heavy atom. The highest BCUT2D eigenvalue weighted by Crippen LogP contribution is 2.23. The van der Waals surface area contributed by atoms with Crippen molar-refractivity contribution >= 4 is 17.4 Å². The minimum Gasteiger partial charge on any atom is -0.396 e. The molecule has 0 atom stereocenters. The van der Waals surface area contributed by atoms with Gasteiger partial charge >= 0.3 is 0 Å². The van der Waals surface area contributed by atoms with Gasteiger partial charge in [0.15, 0.2) is 0 Å². The Labute approximate surface area is 102 Å². The summed E-state index contributed by atoms with van der Waals surface area (Å²) in [5.41, 5.74) is 5.64. The molecule has 0 aliphatic carbocycles. The summed E-state index contributed by atoms with van der Waals surface area (Å²) in [7, 11) is 0. The Morgan fingerprint density at radius 1 is 1.19 bits per heavy atom. The molecule has 1 rings (SSSR count). The quantitative estimate of drug-likeness (QED) is 0.433. The fourth-order valence-corrected chi connectivity index (χ4v) is 2.43. The minimum absolute atomic E-state index is 0.229. The number of benzene rings is 1. The number of thioether (sulfide) groups is 1. The number of nitrogens with two attached hydrogens (primary N) is 1. The highest BCUT2D eigenvalue weighted by molar-refractivity contribution is 7.99. The lowest BCUT2D eigenvalue weighted by Gasteiger charge is -2.03. The zero-order valence-electron chi connectivity index (χ0n) is 9.84. The highest BCUT2D eigenvalue weighted by atomic mass is 32.2. The van der Waals surface area contributed by atoms with Crippen molar-refractivity contribution in [1.29, 1.82) is 0 Å². The van der Waals surface area contributed by atoms with Crippen LogP contribution in [0.15, 0.2) is 23.1 Å². The first-order valence-corrected chi connectivity index (χ1v) is 6.90. The van der Waals surface area contributed by atoms with E-state index in [1.165, 1.54) is 38.2 Å². The number of unbranched alkanes of at least 4 members (excludes halogenated alkanes) is 4. The molecular formula is C13H20FNS. The molecule has 0 aromatic heterocycles. The SMILES string of the molecule is CCCCCCCSc1ccc(N)c(F)c1. The lowest BCUT2D eigenvalue weighted by Crippen LogP contribution is -1.90. The summed E-state index contributed by atoms with van der Waals surface area (Å²) in [6.07, 6.45) is 6.39. The number of anilines is 1. The van der Waals surface area contributed by atoms with Crippen LogP contribution in [0.4, 0.5) is 10.1 Å². The Kier molecular flexibility index (Phi) is 6.31. The molecule has 0 aliphatic rings. The van der Waals surface area contributed by atoms with E-state index in [-0.39, 0.29) is 11.5 Å². The van der Waals surface area contributed by atoms with Crippen molar-refractivity contribution in [3.63, 3.8) is 0 Å². The van der Waals surface area contributed by atoms with E-state index in [0.717, 1.165) is 10.6 Å². The molecule has 0 fully saturated rings. The molecule has 0 aliphatic heterocycles. The van der Waals surface area contributed by atoms with Crippen LogP contribution in [0.3, 0.4) is 0 Å². The Hall–Kier alpha value is -0.700. The van der Waals surface area contributed by atoms with Crippen molar-refractivity contribution in [3.05, 3.63) is 24.0 Å². The predicted molar refractivity (Wildman–Crippen MR) is 70.3 cm³/mol. The molecule has 0 saturated carbocycles. The van der Waals surface area contributed by atoms with Crippen LogP contribution < -0.4 is 5.73 Å². The summed E-state index contributed by atoms with van der Waals surface area (Å²) < 4.78 is 13.1. The maximum absolute atomic E-state index is 13.1. The average Bonchev–Trinajstić information content (AvgIpc) is 2.28. The zero-order valence-corrected chi connectivity index (χ0v) is 10.7. The molecule has 0 amide bonds. The maximum Gasteiger partial charge on any atom is 0.147 e. The van der Waals surface area contributed by atoms with Crippen LogP contribution in [0.5, 0.6) is 0 Å². The van der Waals surface area contributed by atoms with E-state index in [9.17, 15) is 4.39 Å². The van der Waals surface area contributed by atoms with Crippen LogP contribution in [0.25, 0.3) is 0 Å². The van der Waals surface area contributed by atoms with Gasteiger partial charge in [0.05, 0.1) is 5.69 Å². The van der Waals surface area contributed by atoms with Crippen LogP contribution >= 0.6 is 11.8 Å². The fraction of sp³-hybridized carbons (Fsp3) is 0.538. The van der Waals surface area contributed by atoms with Crippen LogP contribution in [-0.2, 0) is 0 Å². The van der Waals surface area contributed by atoms with E-state index in [1.54, 1.807) is 17.8 Å². The molecule has 2 N–H and O–H groups in total. The molecule has 1 aromatic rings. The fourth-order valence-electron chi connectivity index (χ4n) is 1.49. The van der Waals surface area contributed by atoms with E-state index in [2.05, 4.69) is 6.92 Å². The standard InChI is InChI=1S/C13H20FNS/c1-2-3-4-5-6-9-16-11-7-8-13(15)12(14)10-11/h7-8,10H,2-6,9,15H2,1H3. The Bertz CT molecular complexity index is 315. The number of hydrogen-bond acceptors (Lipinski definition) is 2. The second-order valence-electron chi connectivity index (χ2n) is 3.95. The van der Waals surface area contributed by atoms with E-state index < -0.39 is 0 Å². The van der Waals surface area contributed by atoms with Gasteiger partial charge in [0.2, 0.25) is 0 Å². The second kappa shape index (κ2) is 7.55. The van der Waals surface area contributed by atoms with Gasteiger partial charge in [-0.2, -0.15) is 0 Å². The first-order chi connectivity index (χ1) is 7.74. The molecule has 90 valence electrons. The van der Waals surface area contributed by atoms with Gasteiger partial charge in [-0.15, -0.1) is 11.8 Å². The van der Waals surface area contributed by atoms with Gasteiger partial charge in [0.1, 0.15) is 5.82 Å². The topological polar surface area (TPSA) is 26.0 Å². The van der Waals surface area contributed by atoms with E-state index in [4.69, 9.17) is 5.73 Å². The minimum atomic E-state index is -0.309. The normalized spacial score (nSPS) is 10.6. The Morgan fingerprint density at radius 2 is 1.94 bits per heavy atom. The second-order valence-corrected chi connectivity index (χ2v) is 5.11. The van der Waals surface area contributed by atoms with Crippen molar-refractivity contribution < 1.29 is 4.39 Å². The number of hydrogen-bond donors (Lipinski definition) is 1. The van der Waals surface area contributed by atoms with E-state index >= 15 is 0 Å². The molecular weight excluding hydrogens is 221 g/mol. The Balaban J connectivity index is 2.19. The lowest BCUT2D eigenvalue weighted by atomic mass is 10.2. The molecule has 0 bridgehead atoms. The van der Waals surface area contributed by atoms with Crippen molar-refractivity contribution in [3.8, 4) is 0 Å². The lowest BCUT2D eigenvalue weighted by molar-refractivity contribution is 0.629. The summed E-state index contributed by atoms with van der Waals surface area (Å²) >= 11 is 1.71. The van der Waals surface area contributed by atoms with Gasteiger partial charge in [-0.1, -0.05) is 32.6 Å². The van der Waals surface area contributed by atoms with Gasteiger partial charge < -0.3 is 5.73 Å². The summed E-state index contributed by atoms with van der Waals surface area (Å²) in [5.74, 6) is 0.753.